The van der Waals surface area contributed by atoms with Gasteiger partial charge in [0.1, 0.15) is 11.6 Å². The molecular weight excluding hydrogens is 267 g/mol. The zero-order chi connectivity index (χ0) is 14.7. The van der Waals surface area contributed by atoms with Crippen molar-refractivity contribution in [3.05, 3.63) is 41.5 Å². The standard InChI is InChI=1S/C14H14F3N3/c1-3-4-11-19-10(7-12(18-2)20-11)8-5-6-9(15)14(17)13(8)16/h5-7H,3-4H2,1-2H3,(H,18,19,20). The molecule has 0 aliphatic heterocycles. The summed E-state index contributed by atoms with van der Waals surface area (Å²) in [6.07, 6.45) is 1.45. The fraction of sp³-hybridized carbons (Fsp3) is 0.286. The van der Waals surface area contributed by atoms with Gasteiger partial charge in [-0.3, -0.25) is 0 Å². The molecule has 106 valence electrons. The molecule has 0 aliphatic carbocycles. The number of rotatable bonds is 4. The summed E-state index contributed by atoms with van der Waals surface area (Å²) in [5, 5.41) is 2.84. The first-order chi connectivity index (χ1) is 9.56. The van der Waals surface area contributed by atoms with E-state index in [1.807, 2.05) is 6.92 Å². The van der Waals surface area contributed by atoms with Crippen molar-refractivity contribution in [1.29, 1.82) is 0 Å². The van der Waals surface area contributed by atoms with Crippen LogP contribution in [0.2, 0.25) is 0 Å². The summed E-state index contributed by atoms with van der Waals surface area (Å²) < 4.78 is 40.1. The Morgan fingerprint density at radius 2 is 1.85 bits per heavy atom. The van der Waals surface area contributed by atoms with E-state index in [-0.39, 0.29) is 11.3 Å². The highest BCUT2D eigenvalue weighted by Crippen LogP contribution is 2.26. The number of benzene rings is 1. The van der Waals surface area contributed by atoms with Crippen molar-refractivity contribution in [3.63, 3.8) is 0 Å². The highest BCUT2D eigenvalue weighted by Gasteiger charge is 2.16. The average molecular weight is 281 g/mol. The van der Waals surface area contributed by atoms with E-state index in [1.54, 1.807) is 7.05 Å². The van der Waals surface area contributed by atoms with Gasteiger partial charge in [0.2, 0.25) is 0 Å². The van der Waals surface area contributed by atoms with Crippen LogP contribution in [0.25, 0.3) is 11.3 Å². The Balaban J connectivity index is 2.57. The molecule has 6 heteroatoms. The van der Waals surface area contributed by atoms with Crippen LogP contribution in [0.5, 0.6) is 0 Å². The minimum atomic E-state index is -1.50. The van der Waals surface area contributed by atoms with Crippen molar-refractivity contribution in [2.45, 2.75) is 19.8 Å². The van der Waals surface area contributed by atoms with Crippen LogP contribution in [0, 0.1) is 17.5 Å². The Labute approximate surface area is 114 Å². The summed E-state index contributed by atoms with van der Waals surface area (Å²) in [7, 11) is 1.67. The molecule has 3 nitrogen and oxygen atoms in total. The van der Waals surface area contributed by atoms with Crippen LogP contribution in [0.1, 0.15) is 19.2 Å². The first-order valence-corrected chi connectivity index (χ1v) is 6.26. The third-order valence-corrected chi connectivity index (χ3v) is 2.81. The Kier molecular flexibility index (Phi) is 4.22. The lowest BCUT2D eigenvalue weighted by Gasteiger charge is -2.09. The van der Waals surface area contributed by atoms with Gasteiger partial charge in [0.15, 0.2) is 17.5 Å². The first kappa shape index (κ1) is 14.3. The van der Waals surface area contributed by atoms with Crippen molar-refractivity contribution in [2.24, 2.45) is 0 Å². The number of aromatic nitrogens is 2. The number of anilines is 1. The summed E-state index contributed by atoms with van der Waals surface area (Å²) in [5.41, 5.74) is 0.143. The number of nitrogens with zero attached hydrogens (tertiary/aromatic N) is 2. The fourth-order valence-electron chi connectivity index (χ4n) is 1.82. The van der Waals surface area contributed by atoms with Gasteiger partial charge >= 0.3 is 0 Å². The molecule has 0 saturated carbocycles. The Bertz CT molecular complexity index is 629. The maximum absolute atomic E-state index is 13.8. The Morgan fingerprint density at radius 1 is 1.10 bits per heavy atom. The molecule has 2 rings (SSSR count). The molecule has 1 heterocycles. The van der Waals surface area contributed by atoms with E-state index in [2.05, 4.69) is 15.3 Å². The predicted molar refractivity (Wildman–Crippen MR) is 70.9 cm³/mol. The van der Waals surface area contributed by atoms with E-state index in [0.29, 0.717) is 18.1 Å². The van der Waals surface area contributed by atoms with Crippen LogP contribution in [-0.2, 0) is 6.42 Å². The zero-order valence-electron chi connectivity index (χ0n) is 11.2. The van der Waals surface area contributed by atoms with Gasteiger partial charge in [-0.25, -0.2) is 23.1 Å². The van der Waals surface area contributed by atoms with Gasteiger partial charge in [-0.2, -0.15) is 0 Å². The number of aryl methyl sites for hydroxylation is 1. The van der Waals surface area contributed by atoms with Gasteiger partial charge in [0, 0.05) is 25.1 Å². The van der Waals surface area contributed by atoms with Crippen molar-refractivity contribution < 1.29 is 13.2 Å². The van der Waals surface area contributed by atoms with Crippen LogP contribution in [0.3, 0.4) is 0 Å². The van der Waals surface area contributed by atoms with Crippen molar-refractivity contribution >= 4 is 5.82 Å². The monoisotopic (exact) mass is 281 g/mol. The molecule has 20 heavy (non-hydrogen) atoms. The summed E-state index contributed by atoms with van der Waals surface area (Å²) >= 11 is 0. The van der Waals surface area contributed by atoms with Crippen LogP contribution < -0.4 is 5.32 Å². The largest absolute Gasteiger partial charge is 0.373 e. The zero-order valence-corrected chi connectivity index (χ0v) is 11.2. The second kappa shape index (κ2) is 5.90. The second-order valence-electron chi connectivity index (χ2n) is 4.28. The molecule has 2 aromatic rings. The molecule has 1 aromatic carbocycles. The van der Waals surface area contributed by atoms with E-state index in [4.69, 9.17) is 0 Å². The van der Waals surface area contributed by atoms with Gasteiger partial charge in [-0.15, -0.1) is 0 Å². The van der Waals surface area contributed by atoms with E-state index < -0.39 is 17.5 Å². The molecule has 0 bridgehead atoms. The molecule has 1 aromatic heterocycles. The molecular formula is C14H14F3N3. The number of halogens is 3. The van der Waals surface area contributed by atoms with Gasteiger partial charge in [-0.05, 0) is 18.6 Å². The highest BCUT2D eigenvalue weighted by atomic mass is 19.2. The molecule has 0 atom stereocenters. The third-order valence-electron chi connectivity index (χ3n) is 2.81. The van der Waals surface area contributed by atoms with Gasteiger partial charge < -0.3 is 5.32 Å². The van der Waals surface area contributed by atoms with Gasteiger partial charge in [0.05, 0.1) is 5.69 Å². The van der Waals surface area contributed by atoms with Gasteiger partial charge in [0.25, 0.3) is 0 Å². The minimum absolute atomic E-state index is 0.0832. The molecule has 0 aliphatic rings. The van der Waals surface area contributed by atoms with Crippen molar-refractivity contribution in [1.82, 2.24) is 9.97 Å². The smallest absolute Gasteiger partial charge is 0.195 e. The molecule has 0 fully saturated rings. The Morgan fingerprint density at radius 3 is 2.50 bits per heavy atom. The van der Waals surface area contributed by atoms with Crippen LogP contribution in [0.15, 0.2) is 18.2 Å². The Hall–Kier alpha value is -2.11. The maximum atomic E-state index is 13.8. The van der Waals surface area contributed by atoms with E-state index in [0.717, 1.165) is 12.5 Å². The SMILES string of the molecule is CCCc1nc(NC)cc(-c2ccc(F)c(F)c2F)n1. The van der Waals surface area contributed by atoms with Crippen LogP contribution in [0.4, 0.5) is 19.0 Å². The molecule has 0 unspecified atom stereocenters. The summed E-state index contributed by atoms with van der Waals surface area (Å²) in [4.78, 5) is 8.42. The molecule has 0 spiro atoms. The quantitative estimate of drug-likeness (QED) is 0.871. The number of nitrogens with one attached hydrogen (secondary N) is 1. The second-order valence-corrected chi connectivity index (χ2v) is 4.28. The summed E-state index contributed by atoms with van der Waals surface area (Å²) in [6, 6.07) is 3.55. The van der Waals surface area contributed by atoms with E-state index >= 15 is 0 Å². The highest BCUT2D eigenvalue weighted by molar-refractivity contribution is 5.63. The van der Waals surface area contributed by atoms with E-state index in [9.17, 15) is 13.2 Å². The number of hydrogen-bond acceptors (Lipinski definition) is 3. The molecule has 1 N–H and O–H groups in total. The van der Waals surface area contributed by atoms with E-state index in [1.165, 1.54) is 12.1 Å². The lowest BCUT2D eigenvalue weighted by molar-refractivity contribution is 0.449. The summed E-state index contributed by atoms with van der Waals surface area (Å²) in [5.74, 6) is -2.93. The van der Waals surface area contributed by atoms with Gasteiger partial charge in [-0.1, -0.05) is 6.92 Å². The minimum Gasteiger partial charge on any atom is -0.373 e. The lowest BCUT2D eigenvalue weighted by atomic mass is 10.1. The summed E-state index contributed by atoms with van der Waals surface area (Å²) in [6.45, 7) is 1.97. The maximum Gasteiger partial charge on any atom is 0.195 e. The number of hydrogen-bond donors (Lipinski definition) is 1. The lowest BCUT2D eigenvalue weighted by Crippen LogP contribution is -2.03. The van der Waals surface area contributed by atoms with Crippen LogP contribution >= 0.6 is 0 Å². The molecule has 0 radical (unpaired) electrons. The average Bonchev–Trinajstić information content (AvgIpc) is 2.45. The van der Waals surface area contributed by atoms with Crippen LogP contribution in [-0.4, -0.2) is 17.0 Å². The topological polar surface area (TPSA) is 37.8 Å². The predicted octanol–water partition coefficient (Wildman–Crippen LogP) is 3.56. The molecule has 0 amide bonds. The molecule has 0 saturated heterocycles. The normalized spacial score (nSPS) is 10.7. The third kappa shape index (κ3) is 2.74. The van der Waals surface area contributed by atoms with Crippen molar-refractivity contribution in [2.75, 3.05) is 12.4 Å². The first-order valence-electron chi connectivity index (χ1n) is 6.26. The fourth-order valence-corrected chi connectivity index (χ4v) is 1.82. The van der Waals surface area contributed by atoms with Crippen molar-refractivity contribution in [3.8, 4) is 11.3 Å².